The quantitative estimate of drug-likeness (QED) is 0.779. The van der Waals surface area contributed by atoms with Gasteiger partial charge in [-0.1, -0.05) is 6.07 Å². The van der Waals surface area contributed by atoms with Crippen LogP contribution in [0.3, 0.4) is 0 Å². The third-order valence-electron chi connectivity index (χ3n) is 5.04. The van der Waals surface area contributed by atoms with Gasteiger partial charge in [-0.3, -0.25) is 9.88 Å². The average molecular weight is 335 g/mol. The summed E-state index contributed by atoms with van der Waals surface area (Å²) >= 11 is 0. The average Bonchev–Trinajstić information content (AvgIpc) is 3.07. The van der Waals surface area contributed by atoms with Crippen molar-refractivity contribution in [2.45, 2.75) is 38.9 Å². The molecule has 4 heterocycles. The summed E-state index contributed by atoms with van der Waals surface area (Å²) in [6.45, 7) is 6.27. The van der Waals surface area contributed by atoms with Gasteiger partial charge < -0.3 is 9.72 Å². The van der Waals surface area contributed by atoms with Crippen molar-refractivity contribution in [2.24, 2.45) is 0 Å². The second kappa shape index (κ2) is 7.33. The van der Waals surface area contributed by atoms with E-state index in [9.17, 15) is 0 Å². The van der Waals surface area contributed by atoms with Crippen molar-refractivity contribution in [1.82, 2.24) is 24.6 Å². The van der Waals surface area contributed by atoms with Gasteiger partial charge in [-0.15, -0.1) is 0 Å². The van der Waals surface area contributed by atoms with Crippen LogP contribution < -0.4 is 5.32 Å². The molecule has 1 saturated heterocycles. The Morgan fingerprint density at radius 1 is 1.16 bits per heavy atom. The Kier molecular flexibility index (Phi) is 4.76. The highest BCUT2D eigenvalue weighted by molar-refractivity contribution is 5.47. The highest BCUT2D eigenvalue weighted by atomic mass is 15.1. The molecule has 5 nitrogen and oxygen atoms in total. The molecule has 0 spiro atoms. The Balaban J connectivity index is 1.27. The lowest BCUT2D eigenvalue weighted by atomic mass is 10.0. The molecule has 130 valence electrons. The number of nitrogens with one attached hydrogen (secondary N) is 1. The van der Waals surface area contributed by atoms with Gasteiger partial charge in [0.2, 0.25) is 0 Å². The fraction of sp³-hybridized carbons (Fsp3) is 0.400. The van der Waals surface area contributed by atoms with Crippen molar-refractivity contribution >= 4 is 5.65 Å². The van der Waals surface area contributed by atoms with Gasteiger partial charge in [-0.2, -0.15) is 0 Å². The van der Waals surface area contributed by atoms with E-state index < -0.39 is 0 Å². The van der Waals surface area contributed by atoms with E-state index in [1.807, 2.05) is 12.4 Å². The van der Waals surface area contributed by atoms with Crippen LogP contribution in [-0.2, 0) is 13.1 Å². The number of piperidine rings is 1. The fourth-order valence-electron chi connectivity index (χ4n) is 3.58. The minimum atomic E-state index is 0.583. The van der Waals surface area contributed by atoms with E-state index in [0.29, 0.717) is 6.04 Å². The molecule has 5 heteroatoms. The van der Waals surface area contributed by atoms with Gasteiger partial charge >= 0.3 is 0 Å². The minimum Gasteiger partial charge on any atom is -0.308 e. The molecule has 0 unspecified atom stereocenters. The predicted octanol–water partition coefficient (Wildman–Crippen LogP) is 2.79. The van der Waals surface area contributed by atoms with Crippen molar-refractivity contribution in [3.8, 4) is 0 Å². The van der Waals surface area contributed by atoms with Gasteiger partial charge in [0, 0.05) is 43.9 Å². The molecule has 4 rings (SSSR count). The summed E-state index contributed by atoms with van der Waals surface area (Å²) in [7, 11) is 0. The molecular formula is C20H25N5. The van der Waals surface area contributed by atoms with Crippen molar-refractivity contribution in [1.29, 1.82) is 0 Å². The molecule has 0 amide bonds. The minimum absolute atomic E-state index is 0.583. The summed E-state index contributed by atoms with van der Waals surface area (Å²) < 4.78 is 2.11. The van der Waals surface area contributed by atoms with Crippen LogP contribution in [0, 0.1) is 6.92 Å². The number of likely N-dealkylation sites (tertiary alicyclic amines) is 1. The smallest absolute Gasteiger partial charge is 0.139 e. The zero-order valence-electron chi connectivity index (χ0n) is 14.7. The van der Waals surface area contributed by atoms with Gasteiger partial charge in [0.15, 0.2) is 0 Å². The first-order chi connectivity index (χ1) is 12.3. The van der Waals surface area contributed by atoms with E-state index in [1.54, 1.807) is 0 Å². The number of aryl methyl sites for hydroxylation is 1. The van der Waals surface area contributed by atoms with Crippen LogP contribution in [0.5, 0.6) is 0 Å². The highest BCUT2D eigenvalue weighted by Crippen LogP contribution is 2.15. The zero-order chi connectivity index (χ0) is 17.1. The van der Waals surface area contributed by atoms with Crippen molar-refractivity contribution in [3.05, 3.63) is 65.9 Å². The maximum absolute atomic E-state index is 4.75. The Morgan fingerprint density at radius 3 is 2.72 bits per heavy atom. The second-order valence-electron chi connectivity index (χ2n) is 6.94. The number of nitrogens with zero attached hydrogens (tertiary/aromatic N) is 4. The lowest BCUT2D eigenvalue weighted by molar-refractivity contribution is 0.190. The first-order valence-electron chi connectivity index (χ1n) is 9.06. The molecule has 1 aliphatic heterocycles. The van der Waals surface area contributed by atoms with Gasteiger partial charge in [0.05, 0.1) is 5.69 Å². The molecule has 0 bridgehead atoms. The first kappa shape index (κ1) is 16.2. The summed E-state index contributed by atoms with van der Waals surface area (Å²) in [6.07, 6.45) is 10.3. The number of hydrogen-bond acceptors (Lipinski definition) is 4. The van der Waals surface area contributed by atoms with Crippen LogP contribution >= 0.6 is 0 Å². The summed E-state index contributed by atoms with van der Waals surface area (Å²) in [5.41, 5.74) is 4.75. The zero-order valence-corrected chi connectivity index (χ0v) is 14.7. The van der Waals surface area contributed by atoms with Crippen LogP contribution in [0.25, 0.3) is 5.65 Å². The number of aromatic nitrogens is 3. The Labute approximate surface area is 148 Å². The van der Waals surface area contributed by atoms with Gasteiger partial charge in [0.1, 0.15) is 5.65 Å². The van der Waals surface area contributed by atoms with Crippen LogP contribution in [0.2, 0.25) is 0 Å². The summed E-state index contributed by atoms with van der Waals surface area (Å²) in [6, 6.07) is 8.98. The van der Waals surface area contributed by atoms with Crippen molar-refractivity contribution in [3.63, 3.8) is 0 Å². The maximum atomic E-state index is 4.75. The van der Waals surface area contributed by atoms with E-state index in [2.05, 4.69) is 63.2 Å². The molecule has 3 aromatic rings. The van der Waals surface area contributed by atoms with E-state index in [0.717, 1.165) is 37.5 Å². The third-order valence-corrected chi connectivity index (χ3v) is 5.04. The Morgan fingerprint density at radius 2 is 1.96 bits per heavy atom. The molecule has 25 heavy (non-hydrogen) atoms. The van der Waals surface area contributed by atoms with Crippen LogP contribution in [0.15, 0.2) is 49.1 Å². The Bertz CT molecular complexity index is 818. The van der Waals surface area contributed by atoms with E-state index >= 15 is 0 Å². The molecule has 1 aliphatic rings. The number of fused-ring (bicyclic) bond motifs is 1. The van der Waals surface area contributed by atoms with Crippen molar-refractivity contribution < 1.29 is 0 Å². The highest BCUT2D eigenvalue weighted by Gasteiger charge is 2.19. The predicted molar refractivity (Wildman–Crippen MR) is 99.3 cm³/mol. The molecular weight excluding hydrogens is 310 g/mol. The number of pyridine rings is 2. The Hall–Kier alpha value is -2.24. The normalized spacial score (nSPS) is 16.5. The van der Waals surface area contributed by atoms with Crippen molar-refractivity contribution in [2.75, 3.05) is 13.1 Å². The van der Waals surface area contributed by atoms with Gasteiger partial charge in [0.25, 0.3) is 0 Å². The number of rotatable bonds is 5. The SMILES string of the molecule is Cc1cccn2cc(CNC3CCN(Cc4ccncc4)CC3)nc12. The summed E-state index contributed by atoms with van der Waals surface area (Å²) in [5.74, 6) is 0. The maximum Gasteiger partial charge on any atom is 0.139 e. The standard InChI is InChI=1S/C20H25N5/c1-16-3-2-10-25-15-19(23-20(16)25)13-22-18-6-11-24(12-7-18)14-17-4-8-21-9-5-17/h2-5,8-10,15,18,22H,6-7,11-14H2,1H3. The van der Waals surface area contributed by atoms with Gasteiger partial charge in [-0.25, -0.2) is 4.98 Å². The molecule has 1 fully saturated rings. The fourth-order valence-corrected chi connectivity index (χ4v) is 3.58. The topological polar surface area (TPSA) is 45.5 Å². The summed E-state index contributed by atoms with van der Waals surface area (Å²) in [4.78, 5) is 11.4. The molecule has 0 aromatic carbocycles. The summed E-state index contributed by atoms with van der Waals surface area (Å²) in [5, 5.41) is 3.69. The largest absolute Gasteiger partial charge is 0.308 e. The second-order valence-corrected chi connectivity index (χ2v) is 6.94. The van der Waals surface area contributed by atoms with Crippen LogP contribution in [0.1, 0.15) is 29.7 Å². The van der Waals surface area contributed by atoms with Crippen LogP contribution in [-0.4, -0.2) is 38.4 Å². The molecule has 1 N–H and O–H groups in total. The van der Waals surface area contributed by atoms with E-state index in [1.165, 1.54) is 24.0 Å². The first-order valence-corrected chi connectivity index (χ1v) is 9.06. The third kappa shape index (κ3) is 3.89. The van der Waals surface area contributed by atoms with E-state index in [4.69, 9.17) is 4.98 Å². The molecule has 0 radical (unpaired) electrons. The molecule has 0 atom stereocenters. The monoisotopic (exact) mass is 335 g/mol. The molecule has 0 aliphatic carbocycles. The number of imidazole rings is 1. The lowest BCUT2D eigenvalue weighted by Crippen LogP contribution is -2.41. The lowest BCUT2D eigenvalue weighted by Gasteiger charge is -2.32. The number of hydrogen-bond donors (Lipinski definition) is 1. The van der Waals surface area contributed by atoms with E-state index in [-0.39, 0.29) is 0 Å². The van der Waals surface area contributed by atoms with Gasteiger partial charge in [-0.05, 0) is 62.2 Å². The molecule has 0 saturated carbocycles. The van der Waals surface area contributed by atoms with Crippen LogP contribution in [0.4, 0.5) is 0 Å². The molecule has 3 aromatic heterocycles.